The summed E-state index contributed by atoms with van der Waals surface area (Å²) < 4.78 is 0. The summed E-state index contributed by atoms with van der Waals surface area (Å²) in [5.41, 5.74) is 0. The van der Waals surface area contributed by atoms with E-state index in [1.54, 1.807) is 20.8 Å². The number of carboxylic acid groups (broad SMARTS) is 3. The van der Waals surface area contributed by atoms with Crippen molar-refractivity contribution in [3.8, 4) is 0 Å². The van der Waals surface area contributed by atoms with Crippen molar-refractivity contribution in [3.63, 3.8) is 0 Å². The van der Waals surface area contributed by atoms with E-state index in [9.17, 15) is 34.5 Å². The Hall–Kier alpha value is -1.37. The van der Waals surface area contributed by atoms with Crippen LogP contribution in [0.1, 0.15) is 80.1 Å². The number of hydrogen-bond donors (Lipinski definition) is 0. The maximum atomic E-state index is 9.49. The van der Waals surface area contributed by atoms with Crippen molar-refractivity contribution < 1.29 is 65.5 Å². The van der Waals surface area contributed by atoms with Gasteiger partial charge in [0.25, 0.3) is 0 Å². The number of aliphatic carboxylic acids is 3. The molecule has 0 unspecified atom stereocenters. The van der Waals surface area contributed by atoms with Gasteiger partial charge in [0.15, 0.2) is 0 Å². The standard InChI is InChI=1S/3C4H8O2.C3H6O.C2H3O.Zr/c3*1-2-3-4(5)6;1-3(2)4;1-2-3;/h3*2-3H2,1H3,(H,5,6);1-2H3;1H3;/q;;;;-1;+4/p-3. The summed E-state index contributed by atoms with van der Waals surface area (Å²) in [5, 5.41) is 28.5. The van der Waals surface area contributed by atoms with Crippen LogP contribution in [0.2, 0.25) is 0 Å². The molecule has 0 aliphatic heterocycles. The quantitative estimate of drug-likeness (QED) is 0.479. The normalized spacial score (nSPS) is 7.15. The molecule has 0 spiro atoms. The number of carbonyl (C=O) groups excluding carboxylic acids is 5. The molecule has 0 rings (SSSR count). The van der Waals surface area contributed by atoms with E-state index in [-0.39, 0.29) is 51.2 Å². The van der Waals surface area contributed by atoms with Crippen molar-refractivity contribution in [3.05, 3.63) is 0 Å². The van der Waals surface area contributed by atoms with Gasteiger partial charge in [-0.2, -0.15) is 6.92 Å². The third-order valence-corrected chi connectivity index (χ3v) is 1.36. The molecule has 0 saturated carbocycles. The van der Waals surface area contributed by atoms with Crippen molar-refractivity contribution in [1.82, 2.24) is 0 Å². The Morgan fingerprint density at radius 2 is 0.808 bits per heavy atom. The van der Waals surface area contributed by atoms with E-state index in [1.165, 1.54) is 27.1 Å². The second kappa shape index (κ2) is 38.9. The first kappa shape index (κ1) is 39.6. The topological polar surface area (TPSA) is 155 Å². The van der Waals surface area contributed by atoms with Gasteiger partial charge in [-0.05, 0) is 33.1 Å². The zero-order chi connectivity index (χ0) is 21.3. The molecule has 0 aromatic carbocycles. The van der Waals surface area contributed by atoms with Crippen LogP contribution in [0.25, 0.3) is 0 Å². The Morgan fingerprint density at radius 3 is 0.808 bits per heavy atom. The van der Waals surface area contributed by atoms with Gasteiger partial charge in [-0.25, -0.2) is 0 Å². The first-order valence-corrected chi connectivity index (χ1v) is 7.81. The molecule has 0 heterocycles. The first-order valence-electron chi connectivity index (χ1n) is 7.81. The predicted octanol–water partition coefficient (Wildman–Crippen LogP) is -0.682. The molecule has 150 valence electrons. The molecule has 0 radical (unpaired) electrons. The van der Waals surface area contributed by atoms with Crippen LogP contribution in [0.15, 0.2) is 0 Å². The minimum absolute atomic E-state index is 0. The van der Waals surface area contributed by atoms with Gasteiger partial charge < -0.3 is 39.3 Å². The summed E-state index contributed by atoms with van der Waals surface area (Å²) in [4.78, 5) is 46.6. The van der Waals surface area contributed by atoms with E-state index in [0.29, 0.717) is 19.3 Å². The maximum absolute atomic E-state index is 9.49. The summed E-state index contributed by atoms with van der Waals surface area (Å²) >= 11 is 0. The average molecular weight is 454 g/mol. The van der Waals surface area contributed by atoms with Gasteiger partial charge >= 0.3 is 26.2 Å². The number of rotatable bonds is 6. The summed E-state index contributed by atoms with van der Waals surface area (Å²) in [5.74, 6) is -2.72. The van der Waals surface area contributed by atoms with Gasteiger partial charge in [0.1, 0.15) is 5.78 Å². The SMILES string of the molecule is CC(C)=O.CCCC(=O)[O-].CCCC(=O)[O-].CCCC(=O)[O-].C[C-]=O.[Zr+4]. The molecule has 0 atom stereocenters. The maximum Gasteiger partial charge on any atom is 4.00 e. The molecule has 0 bridgehead atoms. The van der Waals surface area contributed by atoms with Gasteiger partial charge in [-0.3, -0.25) is 6.29 Å². The van der Waals surface area contributed by atoms with Crippen LogP contribution in [-0.2, 0) is 50.2 Å². The number of carbonyl (C=O) groups is 4. The Morgan fingerprint density at radius 1 is 0.692 bits per heavy atom. The molecule has 8 nitrogen and oxygen atoms in total. The van der Waals surface area contributed by atoms with Crippen LogP contribution >= 0.6 is 0 Å². The minimum atomic E-state index is -0.961. The van der Waals surface area contributed by atoms with Crippen molar-refractivity contribution in [2.24, 2.45) is 0 Å². The van der Waals surface area contributed by atoms with Gasteiger partial charge in [0.05, 0.1) is 0 Å². The van der Waals surface area contributed by atoms with Crippen LogP contribution in [0, 0.1) is 0 Å². The van der Waals surface area contributed by atoms with Crippen LogP contribution < -0.4 is 15.3 Å². The molecule has 26 heavy (non-hydrogen) atoms. The molecule has 0 aromatic heterocycles. The van der Waals surface area contributed by atoms with Gasteiger partial charge in [0, 0.05) is 17.9 Å². The Balaban J connectivity index is -0.0000000487. The van der Waals surface area contributed by atoms with E-state index >= 15 is 0 Å². The molecule has 0 amide bonds. The summed E-state index contributed by atoms with van der Waals surface area (Å²) in [6.45, 7) is 9.78. The molecule has 0 fully saturated rings. The van der Waals surface area contributed by atoms with Crippen LogP contribution in [-0.4, -0.2) is 30.0 Å². The van der Waals surface area contributed by atoms with Crippen molar-refractivity contribution in [2.45, 2.75) is 80.1 Å². The Bertz CT molecular complexity index is 302. The zero-order valence-electron chi connectivity index (χ0n) is 16.5. The number of hydrogen-bond acceptors (Lipinski definition) is 8. The van der Waals surface area contributed by atoms with E-state index in [2.05, 4.69) is 0 Å². The predicted molar refractivity (Wildman–Crippen MR) is 87.5 cm³/mol. The third-order valence-electron chi connectivity index (χ3n) is 1.36. The van der Waals surface area contributed by atoms with Crippen molar-refractivity contribution in [1.29, 1.82) is 0 Å². The summed E-state index contributed by atoms with van der Waals surface area (Å²) in [6, 6.07) is 0. The van der Waals surface area contributed by atoms with Gasteiger partial charge in [-0.15, -0.1) is 0 Å². The molecular weight excluding hydrogens is 423 g/mol. The molecule has 0 N–H and O–H groups in total. The largest absolute Gasteiger partial charge is 4.00 e. The van der Waals surface area contributed by atoms with E-state index in [4.69, 9.17) is 4.79 Å². The van der Waals surface area contributed by atoms with Crippen molar-refractivity contribution in [2.75, 3.05) is 0 Å². The fourth-order valence-corrected chi connectivity index (χ4v) is 0.612. The minimum Gasteiger partial charge on any atom is -0.550 e. The van der Waals surface area contributed by atoms with Crippen LogP contribution in [0.5, 0.6) is 0 Å². The monoisotopic (exact) mass is 452 g/mol. The molecular formula is C17H30O8Zr. The van der Waals surface area contributed by atoms with E-state index < -0.39 is 17.9 Å². The molecule has 0 aliphatic carbocycles. The van der Waals surface area contributed by atoms with Crippen LogP contribution in [0.4, 0.5) is 0 Å². The van der Waals surface area contributed by atoms with E-state index in [1.807, 2.05) is 0 Å². The first-order chi connectivity index (χ1) is 11.5. The Labute approximate surface area is 175 Å². The van der Waals surface area contributed by atoms with Gasteiger partial charge in [0.2, 0.25) is 0 Å². The van der Waals surface area contributed by atoms with Crippen LogP contribution in [0.3, 0.4) is 0 Å². The fraction of sp³-hybridized carbons (Fsp3) is 0.706. The zero-order valence-corrected chi connectivity index (χ0v) is 19.0. The van der Waals surface area contributed by atoms with Gasteiger partial charge in [-0.1, -0.05) is 40.0 Å². The van der Waals surface area contributed by atoms with E-state index in [0.717, 1.165) is 0 Å². The molecule has 0 aromatic rings. The molecule has 0 saturated heterocycles. The molecule has 9 heteroatoms. The third kappa shape index (κ3) is 182. The average Bonchev–Trinajstić information content (AvgIpc) is 2.39. The number of ketones is 1. The smallest absolute Gasteiger partial charge is 0.550 e. The summed E-state index contributed by atoms with van der Waals surface area (Å²) in [6.07, 6.45) is 4.05. The summed E-state index contributed by atoms with van der Waals surface area (Å²) in [7, 11) is 0. The molecule has 0 aliphatic rings. The second-order valence-electron chi connectivity index (χ2n) is 4.48. The second-order valence-corrected chi connectivity index (χ2v) is 4.48. The van der Waals surface area contributed by atoms with Crippen molar-refractivity contribution >= 4 is 30.0 Å². The fourth-order valence-electron chi connectivity index (χ4n) is 0.612. The number of Topliss-reactive ketones (excluding diaryl/α,β-unsaturated/α-hetero) is 1. The number of carboxylic acids is 3. The Kier molecular flexibility index (Phi) is 59.3.